The Labute approximate surface area is 221 Å². The lowest BCUT2D eigenvalue weighted by molar-refractivity contribution is -0.140. The van der Waals surface area contributed by atoms with Crippen molar-refractivity contribution in [2.24, 2.45) is 0 Å². The fourth-order valence-electron chi connectivity index (χ4n) is 3.63. The van der Waals surface area contributed by atoms with E-state index in [4.69, 9.17) is 5.11 Å². The standard InChI is InChI=1S/C24H16F4INO4S2/c25-20-10-5-14(11-19(20)24(26,27)28)13-30(22-18(12-29)17-3-1-2-4-21(17)35-22)36(33,34)16-8-6-15(7-9-16)23(31)32/h1-11H,12-13H2,(H,31,32). The Bertz CT molecular complexity index is 1550. The number of benzene rings is 3. The maximum atomic E-state index is 13.9. The van der Waals surface area contributed by atoms with Gasteiger partial charge in [-0.05, 0) is 53.4 Å². The molecule has 4 rings (SSSR count). The second kappa shape index (κ2) is 9.98. The van der Waals surface area contributed by atoms with E-state index in [2.05, 4.69) is 22.6 Å². The third-order valence-corrected chi connectivity index (χ3v) is 9.26. The Morgan fingerprint density at radius 3 is 2.31 bits per heavy atom. The van der Waals surface area contributed by atoms with Gasteiger partial charge in [0.1, 0.15) is 10.8 Å². The summed E-state index contributed by atoms with van der Waals surface area (Å²) in [5, 5.41) is 10.3. The van der Waals surface area contributed by atoms with Gasteiger partial charge in [0.2, 0.25) is 0 Å². The molecule has 5 nitrogen and oxygen atoms in total. The Morgan fingerprint density at radius 2 is 1.69 bits per heavy atom. The van der Waals surface area contributed by atoms with Crippen LogP contribution >= 0.6 is 33.9 Å². The number of alkyl halides is 4. The maximum absolute atomic E-state index is 13.9. The quantitative estimate of drug-likeness (QED) is 0.132. The van der Waals surface area contributed by atoms with Crippen molar-refractivity contribution in [1.82, 2.24) is 0 Å². The molecule has 4 aromatic rings. The summed E-state index contributed by atoms with van der Waals surface area (Å²) in [4.78, 5) is 11.0. The molecule has 0 saturated heterocycles. The number of anilines is 1. The minimum absolute atomic E-state index is 0.0636. The van der Waals surface area contributed by atoms with E-state index in [0.29, 0.717) is 27.1 Å². The Balaban J connectivity index is 1.90. The van der Waals surface area contributed by atoms with Crippen LogP contribution in [0.2, 0.25) is 0 Å². The lowest BCUT2D eigenvalue weighted by atomic mass is 10.1. The van der Waals surface area contributed by atoms with Crippen LogP contribution in [0.5, 0.6) is 0 Å². The van der Waals surface area contributed by atoms with Crippen LogP contribution in [0, 0.1) is 5.82 Å². The van der Waals surface area contributed by atoms with Gasteiger partial charge in [-0.15, -0.1) is 11.3 Å². The molecule has 12 heteroatoms. The van der Waals surface area contributed by atoms with Gasteiger partial charge in [0.05, 0.1) is 22.6 Å². The molecule has 1 N–H and O–H groups in total. The zero-order valence-corrected chi connectivity index (χ0v) is 21.9. The van der Waals surface area contributed by atoms with Gasteiger partial charge in [0.15, 0.2) is 0 Å². The number of nitrogens with zero attached hydrogens (tertiary/aromatic N) is 1. The van der Waals surface area contributed by atoms with Crippen LogP contribution < -0.4 is 4.31 Å². The monoisotopic (exact) mass is 649 g/mol. The van der Waals surface area contributed by atoms with E-state index in [9.17, 15) is 30.8 Å². The fraction of sp³-hybridized carbons (Fsp3) is 0.125. The van der Waals surface area contributed by atoms with Crippen LogP contribution in [-0.4, -0.2) is 19.5 Å². The number of hydrogen-bond donors (Lipinski definition) is 1. The van der Waals surface area contributed by atoms with E-state index >= 15 is 0 Å². The zero-order chi connectivity index (χ0) is 26.3. The number of sulfonamides is 1. The number of hydrogen-bond acceptors (Lipinski definition) is 4. The van der Waals surface area contributed by atoms with E-state index < -0.39 is 40.1 Å². The molecule has 3 aromatic carbocycles. The lowest BCUT2D eigenvalue weighted by Crippen LogP contribution is -2.30. The molecule has 36 heavy (non-hydrogen) atoms. The fourth-order valence-corrected chi connectivity index (χ4v) is 7.58. The second-order valence-corrected chi connectivity index (χ2v) is 11.3. The molecule has 0 saturated carbocycles. The van der Waals surface area contributed by atoms with Crippen molar-refractivity contribution in [3.63, 3.8) is 0 Å². The van der Waals surface area contributed by atoms with Crippen LogP contribution in [0.15, 0.2) is 71.6 Å². The SMILES string of the molecule is O=C(O)c1ccc(S(=O)(=O)N(Cc2ccc(F)c(C(F)(F)F)c2)c2sc3ccccc3c2CI)cc1. The van der Waals surface area contributed by atoms with Gasteiger partial charge >= 0.3 is 12.1 Å². The summed E-state index contributed by atoms with van der Waals surface area (Å²) in [6, 6.07) is 14.1. The average molecular weight is 649 g/mol. The highest BCUT2D eigenvalue weighted by molar-refractivity contribution is 14.1. The number of thiophene rings is 1. The molecule has 0 unspecified atom stereocenters. The molecule has 0 aliphatic rings. The van der Waals surface area contributed by atoms with E-state index in [1.165, 1.54) is 11.3 Å². The summed E-state index contributed by atoms with van der Waals surface area (Å²) in [5.41, 5.74) is -0.997. The Hall–Kier alpha value is -2.71. The van der Waals surface area contributed by atoms with E-state index in [1.54, 1.807) is 12.1 Å². The van der Waals surface area contributed by atoms with Crippen LogP contribution in [0.4, 0.5) is 22.6 Å². The molecule has 0 aliphatic carbocycles. The van der Waals surface area contributed by atoms with Crippen LogP contribution in [-0.2, 0) is 27.2 Å². The molecule has 0 fully saturated rings. The number of aromatic carboxylic acids is 1. The Kier molecular flexibility index (Phi) is 7.30. The number of carboxylic acid groups (broad SMARTS) is 1. The summed E-state index contributed by atoms with van der Waals surface area (Å²) in [6.45, 7) is -0.497. The highest BCUT2D eigenvalue weighted by Crippen LogP contribution is 2.42. The topological polar surface area (TPSA) is 74.7 Å². The summed E-state index contributed by atoms with van der Waals surface area (Å²) < 4.78 is 83.7. The number of halogens is 5. The maximum Gasteiger partial charge on any atom is 0.419 e. The van der Waals surface area contributed by atoms with Crippen LogP contribution in [0.3, 0.4) is 0 Å². The average Bonchev–Trinajstić information content (AvgIpc) is 3.20. The molecule has 0 atom stereocenters. The van der Waals surface area contributed by atoms with E-state index in [1.807, 2.05) is 12.1 Å². The van der Waals surface area contributed by atoms with E-state index in [-0.39, 0.29) is 16.0 Å². The van der Waals surface area contributed by atoms with Crippen molar-refractivity contribution in [3.05, 3.63) is 94.8 Å². The van der Waals surface area contributed by atoms with Crippen molar-refractivity contribution in [2.75, 3.05) is 4.31 Å². The minimum atomic E-state index is -4.96. The van der Waals surface area contributed by atoms with Crippen molar-refractivity contribution in [3.8, 4) is 0 Å². The first-order valence-corrected chi connectivity index (χ1v) is 14.0. The van der Waals surface area contributed by atoms with Crippen molar-refractivity contribution >= 4 is 65.0 Å². The summed E-state index contributed by atoms with van der Waals surface area (Å²) in [7, 11) is -4.36. The number of fused-ring (bicyclic) bond motifs is 1. The van der Waals surface area contributed by atoms with Crippen LogP contribution in [0.25, 0.3) is 10.1 Å². The van der Waals surface area contributed by atoms with Gasteiger partial charge in [-0.3, -0.25) is 4.31 Å². The van der Waals surface area contributed by atoms with E-state index in [0.717, 1.165) is 44.7 Å². The molecular weight excluding hydrogens is 633 g/mol. The highest BCUT2D eigenvalue weighted by atomic mass is 127. The van der Waals surface area contributed by atoms with Crippen molar-refractivity contribution < 1.29 is 35.9 Å². The van der Waals surface area contributed by atoms with Crippen molar-refractivity contribution in [1.29, 1.82) is 0 Å². The summed E-state index contributed by atoms with van der Waals surface area (Å²) in [5.74, 6) is -2.70. The molecule has 188 valence electrons. The molecule has 1 heterocycles. The number of carbonyl (C=O) groups is 1. The molecule has 1 aromatic heterocycles. The van der Waals surface area contributed by atoms with Gasteiger partial charge in [-0.1, -0.05) is 46.9 Å². The van der Waals surface area contributed by atoms with Crippen molar-refractivity contribution in [2.45, 2.75) is 22.0 Å². The predicted molar refractivity (Wildman–Crippen MR) is 138 cm³/mol. The molecule has 0 spiro atoms. The third kappa shape index (κ3) is 5.06. The summed E-state index contributed by atoms with van der Waals surface area (Å²) in [6.07, 6.45) is -4.96. The van der Waals surface area contributed by atoms with Gasteiger partial charge in [-0.25, -0.2) is 17.6 Å². The summed E-state index contributed by atoms with van der Waals surface area (Å²) >= 11 is 3.25. The molecule has 0 aliphatic heterocycles. The lowest BCUT2D eigenvalue weighted by Gasteiger charge is -2.25. The zero-order valence-electron chi connectivity index (χ0n) is 18.1. The molecule has 0 amide bonds. The third-order valence-electron chi connectivity index (χ3n) is 5.39. The van der Waals surface area contributed by atoms with Gasteiger partial charge < -0.3 is 5.11 Å². The van der Waals surface area contributed by atoms with Crippen LogP contribution in [0.1, 0.15) is 27.0 Å². The normalized spacial score (nSPS) is 12.1. The predicted octanol–water partition coefficient (Wildman–Crippen LogP) is 7.09. The first kappa shape index (κ1) is 26.4. The van der Waals surface area contributed by atoms with Gasteiger partial charge in [0, 0.05) is 14.7 Å². The number of carboxylic acids is 1. The van der Waals surface area contributed by atoms with Gasteiger partial charge in [0.25, 0.3) is 10.0 Å². The molecule has 0 bridgehead atoms. The minimum Gasteiger partial charge on any atom is -0.478 e. The molecule has 0 radical (unpaired) electrons. The first-order valence-electron chi connectivity index (χ1n) is 10.2. The highest BCUT2D eigenvalue weighted by Gasteiger charge is 2.35. The smallest absolute Gasteiger partial charge is 0.419 e. The second-order valence-electron chi connectivity index (χ2n) is 7.67. The van der Waals surface area contributed by atoms with Gasteiger partial charge in [-0.2, -0.15) is 13.2 Å². The Morgan fingerprint density at radius 1 is 1.03 bits per heavy atom. The largest absolute Gasteiger partial charge is 0.478 e. The molecular formula is C24H16F4INO4S2. The number of rotatable bonds is 7. The first-order chi connectivity index (χ1) is 16.9.